The molecule has 3 rings (SSSR count). The Morgan fingerprint density at radius 2 is 1.68 bits per heavy atom. The number of hydrogen-bond acceptors (Lipinski definition) is 4. The van der Waals surface area contributed by atoms with E-state index in [1.807, 2.05) is 0 Å². The number of hydrogen-bond donors (Lipinski definition) is 1. The van der Waals surface area contributed by atoms with Gasteiger partial charge in [-0.15, -0.1) is 0 Å². The zero-order chi connectivity index (χ0) is 17.8. The van der Waals surface area contributed by atoms with E-state index >= 15 is 0 Å². The van der Waals surface area contributed by atoms with Crippen molar-refractivity contribution in [3.63, 3.8) is 0 Å². The van der Waals surface area contributed by atoms with Crippen LogP contribution in [0.3, 0.4) is 0 Å². The summed E-state index contributed by atoms with van der Waals surface area (Å²) in [6.07, 6.45) is 2.15. The van der Waals surface area contributed by atoms with E-state index < -0.39 is 0 Å². The van der Waals surface area contributed by atoms with Gasteiger partial charge >= 0.3 is 0 Å². The summed E-state index contributed by atoms with van der Waals surface area (Å²) in [7, 11) is 0. The number of nitrogen functional groups attached to an aromatic ring is 1. The molecule has 0 aliphatic rings. The van der Waals surface area contributed by atoms with Gasteiger partial charge in [0, 0.05) is 18.5 Å². The molecule has 0 unspecified atom stereocenters. The fourth-order valence-electron chi connectivity index (χ4n) is 3.30. The van der Waals surface area contributed by atoms with Crippen molar-refractivity contribution in [1.82, 2.24) is 9.97 Å². The highest BCUT2D eigenvalue weighted by atomic mass is 15.2. The average molecular weight is 334 g/mol. The molecule has 130 valence electrons. The minimum Gasteiger partial charge on any atom is -0.368 e. The van der Waals surface area contributed by atoms with Crippen molar-refractivity contribution in [2.24, 2.45) is 0 Å². The predicted molar refractivity (Wildman–Crippen MR) is 107 cm³/mol. The second-order valence-electron chi connectivity index (χ2n) is 6.44. The van der Waals surface area contributed by atoms with Crippen LogP contribution in [-0.4, -0.2) is 23.1 Å². The molecule has 1 heterocycles. The zero-order valence-corrected chi connectivity index (χ0v) is 15.3. The van der Waals surface area contributed by atoms with Crippen LogP contribution in [0.25, 0.3) is 22.0 Å². The molecular weight excluding hydrogens is 308 g/mol. The van der Waals surface area contributed by atoms with E-state index in [4.69, 9.17) is 5.73 Å². The number of anilines is 2. The van der Waals surface area contributed by atoms with Crippen LogP contribution in [0.2, 0.25) is 0 Å². The van der Waals surface area contributed by atoms with E-state index in [1.165, 1.54) is 11.1 Å². The summed E-state index contributed by atoms with van der Waals surface area (Å²) in [6.45, 7) is 8.44. The van der Waals surface area contributed by atoms with Gasteiger partial charge in [-0.25, -0.2) is 4.98 Å². The molecule has 0 saturated heterocycles. The first-order valence-electron chi connectivity index (χ1n) is 9.02. The van der Waals surface area contributed by atoms with E-state index in [0.717, 1.165) is 48.2 Å². The second-order valence-corrected chi connectivity index (χ2v) is 6.44. The molecule has 0 spiro atoms. The molecule has 0 bridgehead atoms. The van der Waals surface area contributed by atoms with Crippen LogP contribution < -0.4 is 10.6 Å². The minimum absolute atomic E-state index is 0.335. The number of benzene rings is 2. The van der Waals surface area contributed by atoms with Crippen molar-refractivity contribution in [3.8, 4) is 11.1 Å². The molecule has 2 aromatic carbocycles. The molecule has 0 amide bonds. The lowest BCUT2D eigenvalue weighted by Gasteiger charge is -2.24. The van der Waals surface area contributed by atoms with Gasteiger partial charge < -0.3 is 10.6 Å². The fourth-order valence-corrected chi connectivity index (χ4v) is 3.30. The third-order valence-corrected chi connectivity index (χ3v) is 4.44. The van der Waals surface area contributed by atoms with Crippen molar-refractivity contribution >= 4 is 22.7 Å². The smallest absolute Gasteiger partial charge is 0.222 e. The maximum absolute atomic E-state index is 6.02. The Kier molecular flexibility index (Phi) is 5.17. The molecule has 4 nitrogen and oxygen atoms in total. The molecule has 1 aromatic heterocycles. The number of nitrogens with two attached hydrogens (primary N) is 1. The lowest BCUT2D eigenvalue weighted by molar-refractivity contribution is 0.737. The van der Waals surface area contributed by atoms with E-state index in [-0.39, 0.29) is 0 Å². The summed E-state index contributed by atoms with van der Waals surface area (Å²) in [6, 6.07) is 14.8. The van der Waals surface area contributed by atoms with E-state index in [0.29, 0.717) is 5.95 Å². The van der Waals surface area contributed by atoms with Crippen LogP contribution >= 0.6 is 0 Å². The summed E-state index contributed by atoms with van der Waals surface area (Å²) in [5, 5.41) is 1.06. The Morgan fingerprint density at radius 1 is 0.960 bits per heavy atom. The van der Waals surface area contributed by atoms with Crippen LogP contribution in [-0.2, 0) is 0 Å². The molecule has 0 aliphatic heterocycles. The summed E-state index contributed by atoms with van der Waals surface area (Å²) in [5.41, 5.74) is 10.6. The summed E-state index contributed by atoms with van der Waals surface area (Å²) >= 11 is 0. The van der Waals surface area contributed by atoms with Crippen molar-refractivity contribution in [1.29, 1.82) is 0 Å². The second kappa shape index (κ2) is 7.51. The molecule has 0 saturated carbocycles. The van der Waals surface area contributed by atoms with Crippen LogP contribution in [0, 0.1) is 6.92 Å². The van der Waals surface area contributed by atoms with Gasteiger partial charge in [0.1, 0.15) is 5.82 Å². The monoisotopic (exact) mass is 334 g/mol. The number of fused-ring (bicyclic) bond motifs is 1. The number of aromatic nitrogens is 2. The molecule has 0 radical (unpaired) electrons. The fraction of sp³-hybridized carbons (Fsp3) is 0.333. The molecule has 4 heteroatoms. The van der Waals surface area contributed by atoms with Gasteiger partial charge in [-0.3, -0.25) is 0 Å². The molecule has 0 atom stereocenters. The van der Waals surface area contributed by atoms with Crippen LogP contribution in [0.5, 0.6) is 0 Å². The highest BCUT2D eigenvalue weighted by Crippen LogP contribution is 2.30. The first kappa shape index (κ1) is 17.2. The van der Waals surface area contributed by atoms with Gasteiger partial charge in [-0.1, -0.05) is 44.2 Å². The van der Waals surface area contributed by atoms with Crippen molar-refractivity contribution in [2.45, 2.75) is 33.6 Å². The third kappa shape index (κ3) is 3.58. The van der Waals surface area contributed by atoms with Gasteiger partial charge in [0.15, 0.2) is 0 Å². The van der Waals surface area contributed by atoms with Crippen LogP contribution in [0.1, 0.15) is 32.3 Å². The van der Waals surface area contributed by atoms with Crippen molar-refractivity contribution in [3.05, 3.63) is 48.0 Å². The lowest BCUT2D eigenvalue weighted by Crippen LogP contribution is -2.26. The Labute approximate surface area is 149 Å². The SMILES string of the molecule is CCCN(CCC)c1nc(N)nc2cc(-c3ccccc3C)ccc12. The first-order valence-corrected chi connectivity index (χ1v) is 9.02. The molecular formula is C21H26N4. The quantitative estimate of drug-likeness (QED) is 0.702. The summed E-state index contributed by atoms with van der Waals surface area (Å²) in [4.78, 5) is 11.4. The molecule has 3 aromatic rings. The maximum Gasteiger partial charge on any atom is 0.222 e. The molecule has 0 fully saturated rings. The topological polar surface area (TPSA) is 55.0 Å². The van der Waals surface area contributed by atoms with E-state index in [1.54, 1.807) is 0 Å². The molecule has 2 N–H and O–H groups in total. The highest BCUT2D eigenvalue weighted by molar-refractivity contribution is 5.93. The maximum atomic E-state index is 6.02. The number of rotatable bonds is 6. The predicted octanol–water partition coefficient (Wildman–Crippen LogP) is 4.81. The standard InChI is InChI=1S/C21H26N4/c1-4-12-25(13-5-2)20-18-11-10-16(14-19(18)23-21(22)24-20)17-9-7-6-8-15(17)3/h6-11,14H,4-5,12-13H2,1-3H3,(H2,22,23,24). The Hall–Kier alpha value is -2.62. The molecule has 0 aliphatic carbocycles. The largest absolute Gasteiger partial charge is 0.368 e. The highest BCUT2D eigenvalue weighted by Gasteiger charge is 2.14. The minimum atomic E-state index is 0.335. The molecule has 25 heavy (non-hydrogen) atoms. The Balaban J connectivity index is 2.14. The van der Waals surface area contributed by atoms with Crippen LogP contribution in [0.15, 0.2) is 42.5 Å². The van der Waals surface area contributed by atoms with Crippen molar-refractivity contribution in [2.75, 3.05) is 23.7 Å². The number of aryl methyl sites for hydroxylation is 1. The normalized spacial score (nSPS) is 11.0. The number of nitrogens with zero attached hydrogens (tertiary/aromatic N) is 3. The summed E-state index contributed by atoms with van der Waals surface area (Å²) in [5.74, 6) is 1.28. The Bertz CT molecular complexity index is 867. The summed E-state index contributed by atoms with van der Waals surface area (Å²) < 4.78 is 0. The third-order valence-electron chi connectivity index (χ3n) is 4.44. The lowest BCUT2D eigenvalue weighted by atomic mass is 9.99. The Morgan fingerprint density at radius 3 is 2.36 bits per heavy atom. The van der Waals surface area contributed by atoms with Gasteiger partial charge in [0.2, 0.25) is 5.95 Å². The van der Waals surface area contributed by atoms with E-state index in [2.05, 4.69) is 78.1 Å². The van der Waals surface area contributed by atoms with Crippen molar-refractivity contribution < 1.29 is 0 Å². The first-order chi connectivity index (χ1) is 12.1. The van der Waals surface area contributed by atoms with Gasteiger partial charge in [0.25, 0.3) is 0 Å². The van der Waals surface area contributed by atoms with Crippen LogP contribution in [0.4, 0.5) is 11.8 Å². The van der Waals surface area contributed by atoms with Gasteiger partial charge in [0.05, 0.1) is 5.52 Å². The van der Waals surface area contributed by atoms with Gasteiger partial charge in [-0.2, -0.15) is 4.98 Å². The van der Waals surface area contributed by atoms with E-state index in [9.17, 15) is 0 Å². The average Bonchev–Trinajstić information content (AvgIpc) is 2.60. The zero-order valence-electron chi connectivity index (χ0n) is 15.3. The van der Waals surface area contributed by atoms with Gasteiger partial charge in [-0.05, 0) is 48.6 Å².